The quantitative estimate of drug-likeness (QED) is 0.589. The molecule has 0 radical (unpaired) electrons. The van der Waals surface area contributed by atoms with E-state index in [0.29, 0.717) is 18.8 Å². The summed E-state index contributed by atoms with van der Waals surface area (Å²) in [5.41, 5.74) is 0.492. The second-order valence-corrected chi connectivity index (χ2v) is 4.43. The molecule has 1 rings (SSSR count). The van der Waals surface area contributed by atoms with Crippen molar-refractivity contribution in [2.24, 2.45) is 5.92 Å². The first-order valence-corrected chi connectivity index (χ1v) is 6.12. The molecule has 2 amide bonds. The number of aromatic nitrogens is 3. The Labute approximate surface area is 116 Å². The molecule has 0 aliphatic heterocycles. The Hall–Kier alpha value is -2.16. The number of nitrogens with one attached hydrogen (secondary N) is 2. The van der Waals surface area contributed by atoms with Crippen LogP contribution in [0.25, 0.3) is 0 Å². The molecule has 112 valence electrons. The Morgan fingerprint density at radius 3 is 2.90 bits per heavy atom. The van der Waals surface area contributed by atoms with E-state index in [4.69, 9.17) is 9.84 Å². The highest BCUT2D eigenvalue weighted by Crippen LogP contribution is 1.94. The van der Waals surface area contributed by atoms with E-state index >= 15 is 0 Å². The molecule has 0 aliphatic rings. The van der Waals surface area contributed by atoms with Crippen molar-refractivity contribution < 1.29 is 19.4 Å². The number of rotatable bonds is 8. The van der Waals surface area contributed by atoms with Gasteiger partial charge in [0.25, 0.3) is 0 Å². The third-order valence-corrected chi connectivity index (χ3v) is 2.38. The lowest BCUT2D eigenvalue weighted by atomic mass is 10.2. The van der Waals surface area contributed by atoms with Gasteiger partial charge in [-0.05, 0) is 5.92 Å². The summed E-state index contributed by atoms with van der Waals surface area (Å²) in [7, 11) is 1.61. The van der Waals surface area contributed by atoms with Crippen LogP contribution < -0.4 is 10.6 Å². The van der Waals surface area contributed by atoms with Crippen molar-refractivity contribution in [3.05, 3.63) is 11.9 Å². The second-order valence-electron chi connectivity index (χ2n) is 4.43. The number of carbonyl (C=O) groups excluding carboxylic acids is 1. The van der Waals surface area contributed by atoms with Crippen LogP contribution >= 0.6 is 0 Å². The Bertz CT molecular complexity index is 448. The Morgan fingerprint density at radius 1 is 1.50 bits per heavy atom. The topological polar surface area (TPSA) is 118 Å². The maximum Gasteiger partial charge on any atom is 0.325 e. The zero-order valence-corrected chi connectivity index (χ0v) is 11.5. The summed E-state index contributed by atoms with van der Waals surface area (Å²) in [6.45, 7) is 2.97. The zero-order chi connectivity index (χ0) is 15.0. The van der Waals surface area contributed by atoms with E-state index in [2.05, 4.69) is 20.9 Å². The number of carbonyl (C=O) groups is 2. The molecule has 1 aromatic rings. The van der Waals surface area contributed by atoms with E-state index in [1.54, 1.807) is 7.11 Å². The van der Waals surface area contributed by atoms with Gasteiger partial charge in [-0.15, -0.1) is 5.10 Å². The average molecular weight is 285 g/mol. The summed E-state index contributed by atoms with van der Waals surface area (Å²) in [6.07, 6.45) is 1.47. The highest BCUT2D eigenvalue weighted by molar-refractivity contribution is 5.73. The van der Waals surface area contributed by atoms with Gasteiger partial charge in [-0.25, -0.2) is 9.48 Å². The number of methoxy groups -OCH3 is 1. The van der Waals surface area contributed by atoms with E-state index in [1.807, 2.05) is 6.92 Å². The summed E-state index contributed by atoms with van der Waals surface area (Å²) < 4.78 is 6.15. The molecule has 0 spiro atoms. The number of hydrogen-bond acceptors (Lipinski definition) is 5. The second kappa shape index (κ2) is 8.10. The number of ether oxygens (including phenoxy) is 1. The fraction of sp³-hybridized carbons (Fsp3) is 0.636. The van der Waals surface area contributed by atoms with Gasteiger partial charge in [0.1, 0.15) is 12.2 Å². The molecule has 3 N–H and O–H groups in total. The number of nitrogens with zero attached hydrogens (tertiary/aromatic N) is 3. The molecule has 1 heterocycles. The van der Waals surface area contributed by atoms with E-state index < -0.39 is 5.97 Å². The first kappa shape index (κ1) is 15.9. The van der Waals surface area contributed by atoms with Gasteiger partial charge >= 0.3 is 12.0 Å². The molecule has 0 bridgehead atoms. The Balaban J connectivity index is 2.26. The minimum atomic E-state index is -1.00. The number of amides is 2. The van der Waals surface area contributed by atoms with Crippen molar-refractivity contribution in [1.82, 2.24) is 25.6 Å². The highest BCUT2D eigenvalue weighted by atomic mass is 16.5. The molecule has 0 fully saturated rings. The average Bonchev–Trinajstić information content (AvgIpc) is 2.81. The fourth-order valence-electron chi connectivity index (χ4n) is 1.48. The van der Waals surface area contributed by atoms with Crippen LogP contribution in [0, 0.1) is 5.92 Å². The minimum absolute atomic E-state index is 0.185. The molecule has 1 unspecified atom stereocenters. The molecule has 0 saturated heterocycles. The lowest BCUT2D eigenvalue weighted by Gasteiger charge is -2.11. The Morgan fingerprint density at radius 2 is 2.25 bits per heavy atom. The molecule has 20 heavy (non-hydrogen) atoms. The monoisotopic (exact) mass is 285 g/mol. The van der Waals surface area contributed by atoms with Crippen LogP contribution in [0.15, 0.2) is 6.20 Å². The van der Waals surface area contributed by atoms with Crippen LogP contribution in [-0.2, 0) is 22.6 Å². The van der Waals surface area contributed by atoms with Gasteiger partial charge in [-0.1, -0.05) is 12.1 Å². The molecule has 1 aromatic heterocycles. The molecule has 0 saturated carbocycles. The molecule has 9 heteroatoms. The van der Waals surface area contributed by atoms with Crippen molar-refractivity contribution >= 4 is 12.0 Å². The SMILES string of the molecule is COCC(C)CNC(=O)NCc1cn(CC(=O)O)nn1. The van der Waals surface area contributed by atoms with E-state index in [1.165, 1.54) is 10.9 Å². The fourth-order valence-corrected chi connectivity index (χ4v) is 1.48. The molecular formula is C11H19N5O4. The first-order chi connectivity index (χ1) is 9.51. The Kier molecular flexibility index (Phi) is 6.44. The maximum absolute atomic E-state index is 11.5. The predicted octanol–water partition coefficient (Wildman–Crippen LogP) is -0.556. The van der Waals surface area contributed by atoms with Crippen LogP contribution in [0.2, 0.25) is 0 Å². The number of hydrogen-bond donors (Lipinski definition) is 3. The van der Waals surface area contributed by atoms with Gasteiger partial charge in [-0.3, -0.25) is 4.79 Å². The summed E-state index contributed by atoms with van der Waals surface area (Å²) in [6, 6.07) is -0.319. The number of urea groups is 1. The number of carboxylic acid groups (broad SMARTS) is 1. The van der Waals surface area contributed by atoms with Gasteiger partial charge in [0.05, 0.1) is 19.3 Å². The lowest BCUT2D eigenvalue weighted by Crippen LogP contribution is -2.38. The molecular weight excluding hydrogens is 266 g/mol. The van der Waals surface area contributed by atoms with Crippen molar-refractivity contribution in [2.45, 2.75) is 20.0 Å². The van der Waals surface area contributed by atoms with Crippen molar-refractivity contribution in [3.8, 4) is 0 Å². The third-order valence-electron chi connectivity index (χ3n) is 2.38. The third kappa shape index (κ3) is 6.14. The van der Waals surface area contributed by atoms with Gasteiger partial charge in [0, 0.05) is 13.7 Å². The van der Waals surface area contributed by atoms with Crippen LogP contribution in [0.1, 0.15) is 12.6 Å². The minimum Gasteiger partial charge on any atom is -0.480 e. The summed E-state index contributed by atoms with van der Waals surface area (Å²) in [5.74, 6) is -0.776. The normalized spacial score (nSPS) is 11.9. The standard InChI is InChI=1S/C11H19N5O4/c1-8(7-20-2)3-12-11(19)13-4-9-5-16(15-14-9)6-10(17)18/h5,8H,3-4,6-7H2,1-2H3,(H,17,18)(H2,12,13,19). The highest BCUT2D eigenvalue weighted by Gasteiger charge is 2.07. The molecule has 0 aliphatic carbocycles. The van der Waals surface area contributed by atoms with Crippen molar-refractivity contribution in [1.29, 1.82) is 0 Å². The first-order valence-electron chi connectivity index (χ1n) is 6.12. The van der Waals surface area contributed by atoms with Crippen molar-refractivity contribution in [3.63, 3.8) is 0 Å². The van der Waals surface area contributed by atoms with Gasteiger partial charge in [0.2, 0.25) is 0 Å². The molecule has 0 aromatic carbocycles. The van der Waals surface area contributed by atoms with Crippen LogP contribution in [-0.4, -0.2) is 52.4 Å². The van der Waals surface area contributed by atoms with Gasteiger partial charge in [0.15, 0.2) is 0 Å². The van der Waals surface area contributed by atoms with Crippen LogP contribution in [0.5, 0.6) is 0 Å². The van der Waals surface area contributed by atoms with Crippen LogP contribution in [0.3, 0.4) is 0 Å². The van der Waals surface area contributed by atoms with Crippen molar-refractivity contribution in [2.75, 3.05) is 20.3 Å². The molecule has 9 nitrogen and oxygen atoms in total. The van der Waals surface area contributed by atoms with Crippen LogP contribution in [0.4, 0.5) is 4.79 Å². The largest absolute Gasteiger partial charge is 0.480 e. The van der Waals surface area contributed by atoms with Gasteiger partial charge < -0.3 is 20.5 Å². The zero-order valence-electron chi connectivity index (χ0n) is 11.5. The number of carboxylic acids is 1. The lowest BCUT2D eigenvalue weighted by molar-refractivity contribution is -0.137. The van der Waals surface area contributed by atoms with E-state index in [0.717, 1.165) is 0 Å². The van der Waals surface area contributed by atoms with E-state index in [-0.39, 0.29) is 25.0 Å². The molecule has 1 atom stereocenters. The summed E-state index contributed by atoms with van der Waals surface area (Å²) in [4.78, 5) is 22.0. The maximum atomic E-state index is 11.5. The predicted molar refractivity (Wildman–Crippen MR) is 68.9 cm³/mol. The van der Waals surface area contributed by atoms with Gasteiger partial charge in [-0.2, -0.15) is 0 Å². The summed E-state index contributed by atoms with van der Waals surface area (Å²) >= 11 is 0. The number of aliphatic carboxylic acids is 1. The van der Waals surface area contributed by atoms with E-state index in [9.17, 15) is 9.59 Å². The smallest absolute Gasteiger partial charge is 0.325 e. The summed E-state index contributed by atoms with van der Waals surface area (Å²) in [5, 5.41) is 21.3.